The molecule has 7 nitrogen and oxygen atoms in total. The van der Waals surface area contributed by atoms with Crippen molar-refractivity contribution in [3.63, 3.8) is 0 Å². The first-order valence-electron chi connectivity index (χ1n) is 11.4. The summed E-state index contributed by atoms with van der Waals surface area (Å²) >= 11 is 5.61. The van der Waals surface area contributed by atoms with Gasteiger partial charge >= 0.3 is 0 Å². The van der Waals surface area contributed by atoms with Crippen molar-refractivity contribution in [2.24, 2.45) is 5.92 Å². The van der Waals surface area contributed by atoms with E-state index in [4.69, 9.17) is 26.7 Å². The summed E-state index contributed by atoms with van der Waals surface area (Å²) < 4.78 is 11.1. The second-order valence-electron chi connectivity index (χ2n) is 8.85. The molecule has 3 heterocycles. The first kappa shape index (κ1) is 22.7. The second kappa shape index (κ2) is 10.4. The van der Waals surface area contributed by atoms with Crippen LogP contribution < -0.4 is 20.3 Å². The van der Waals surface area contributed by atoms with Crippen LogP contribution in [0.15, 0.2) is 36.4 Å². The van der Waals surface area contributed by atoms with Crippen LogP contribution in [0.5, 0.6) is 5.88 Å². The third kappa shape index (κ3) is 5.48. The first-order chi connectivity index (χ1) is 15.6. The summed E-state index contributed by atoms with van der Waals surface area (Å²) in [6.07, 6.45) is 4.34. The molecule has 172 valence electrons. The number of hydrogen-bond acceptors (Lipinski definition) is 6. The standard InChI is InChI=1S/C24H33N5O2S/c1-18-7-6-12-29(16-18)20-15-21(30-2)27-22(26-20)28-23(32)25-17-24(10-13-31-14-11-24)19-8-4-3-5-9-19/h3-5,8-9,15,18H,6-7,10-14,16-17H2,1-2H3,(H2,25,26,27,28,32)/t18-/m0/s1. The van der Waals surface area contributed by atoms with Crippen molar-refractivity contribution in [2.45, 2.75) is 38.0 Å². The molecule has 0 unspecified atom stereocenters. The van der Waals surface area contributed by atoms with Crippen LogP contribution in [0.25, 0.3) is 0 Å². The number of methoxy groups -OCH3 is 1. The van der Waals surface area contributed by atoms with E-state index in [1.807, 2.05) is 6.07 Å². The SMILES string of the molecule is COc1cc(N2CCC[C@H](C)C2)nc(NC(=S)NCC2(c3ccccc3)CCOCC2)n1. The number of hydrogen-bond donors (Lipinski definition) is 2. The highest BCUT2D eigenvalue weighted by Crippen LogP contribution is 2.34. The Hall–Kier alpha value is -2.45. The summed E-state index contributed by atoms with van der Waals surface area (Å²) in [5, 5.41) is 7.10. The van der Waals surface area contributed by atoms with Crippen LogP contribution >= 0.6 is 12.2 Å². The Kier molecular flexibility index (Phi) is 7.42. The van der Waals surface area contributed by atoms with Gasteiger partial charge in [0, 0.05) is 44.3 Å². The van der Waals surface area contributed by atoms with Gasteiger partial charge in [0.2, 0.25) is 11.8 Å². The van der Waals surface area contributed by atoms with E-state index in [1.54, 1.807) is 7.11 Å². The van der Waals surface area contributed by atoms with Gasteiger partial charge in [-0.15, -0.1) is 0 Å². The van der Waals surface area contributed by atoms with Gasteiger partial charge in [0.15, 0.2) is 5.11 Å². The highest BCUT2D eigenvalue weighted by atomic mass is 32.1. The van der Waals surface area contributed by atoms with Gasteiger partial charge in [0.1, 0.15) is 5.82 Å². The molecule has 2 aliphatic rings. The van der Waals surface area contributed by atoms with E-state index < -0.39 is 0 Å². The lowest BCUT2D eigenvalue weighted by atomic mass is 9.74. The van der Waals surface area contributed by atoms with Crippen molar-refractivity contribution in [1.82, 2.24) is 15.3 Å². The van der Waals surface area contributed by atoms with Crippen LogP contribution in [0.4, 0.5) is 11.8 Å². The number of thiocarbonyl (C=S) groups is 1. The normalized spacial score (nSPS) is 20.4. The zero-order valence-corrected chi connectivity index (χ0v) is 19.8. The third-order valence-electron chi connectivity index (χ3n) is 6.53. The highest BCUT2D eigenvalue weighted by molar-refractivity contribution is 7.80. The van der Waals surface area contributed by atoms with Gasteiger partial charge in [-0.25, -0.2) is 0 Å². The lowest BCUT2D eigenvalue weighted by molar-refractivity contribution is 0.0515. The van der Waals surface area contributed by atoms with E-state index >= 15 is 0 Å². The largest absolute Gasteiger partial charge is 0.481 e. The minimum atomic E-state index is -0.00438. The quantitative estimate of drug-likeness (QED) is 0.638. The van der Waals surface area contributed by atoms with Gasteiger partial charge in [0.05, 0.1) is 7.11 Å². The zero-order valence-electron chi connectivity index (χ0n) is 19.0. The van der Waals surface area contributed by atoms with Crippen molar-refractivity contribution in [2.75, 3.05) is 50.2 Å². The Labute approximate surface area is 195 Å². The number of ether oxygens (including phenoxy) is 2. The van der Waals surface area contributed by atoms with Crippen molar-refractivity contribution < 1.29 is 9.47 Å². The Morgan fingerprint density at radius 3 is 2.75 bits per heavy atom. The Morgan fingerprint density at radius 1 is 1.25 bits per heavy atom. The predicted molar refractivity (Wildman–Crippen MR) is 132 cm³/mol. The van der Waals surface area contributed by atoms with Crippen LogP contribution in [-0.2, 0) is 10.2 Å². The molecule has 0 bridgehead atoms. The predicted octanol–water partition coefficient (Wildman–Crippen LogP) is 3.76. The maximum absolute atomic E-state index is 5.64. The number of aromatic nitrogens is 2. The molecule has 2 N–H and O–H groups in total. The fourth-order valence-corrected chi connectivity index (χ4v) is 4.81. The molecule has 1 aromatic carbocycles. The summed E-state index contributed by atoms with van der Waals surface area (Å²) in [5.41, 5.74) is 1.31. The van der Waals surface area contributed by atoms with Gasteiger partial charge in [-0.3, -0.25) is 0 Å². The topological polar surface area (TPSA) is 71.5 Å². The molecule has 0 amide bonds. The summed E-state index contributed by atoms with van der Waals surface area (Å²) in [6.45, 7) is 6.51. The molecule has 4 rings (SSSR count). The minimum absolute atomic E-state index is 0.00438. The van der Waals surface area contributed by atoms with E-state index in [9.17, 15) is 0 Å². The maximum Gasteiger partial charge on any atom is 0.234 e. The first-order valence-corrected chi connectivity index (χ1v) is 11.8. The lowest BCUT2D eigenvalue weighted by Gasteiger charge is -2.38. The third-order valence-corrected chi connectivity index (χ3v) is 6.77. The number of benzene rings is 1. The summed E-state index contributed by atoms with van der Waals surface area (Å²) in [7, 11) is 1.63. The monoisotopic (exact) mass is 455 g/mol. The molecule has 2 aliphatic heterocycles. The van der Waals surface area contributed by atoms with Crippen LogP contribution in [0.2, 0.25) is 0 Å². The smallest absolute Gasteiger partial charge is 0.234 e. The molecule has 8 heteroatoms. The average molecular weight is 456 g/mol. The molecule has 1 atom stereocenters. The van der Waals surface area contributed by atoms with E-state index in [2.05, 4.69) is 57.8 Å². The number of rotatable bonds is 6. The molecule has 2 saturated heterocycles. The number of piperidine rings is 1. The van der Waals surface area contributed by atoms with E-state index in [0.717, 1.165) is 51.5 Å². The molecule has 32 heavy (non-hydrogen) atoms. The highest BCUT2D eigenvalue weighted by Gasteiger charge is 2.34. The minimum Gasteiger partial charge on any atom is -0.481 e. The van der Waals surface area contributed by atoms with Crippen molar-refractivity contribution in [3.8, 4) is 5.88 Å². The Balaban J connectivity index is 1.44. The number of anilines is 2. The van der Waals surface area contributed by atoms with Gasteiger partial charge in [-0.05, 0) is 49.4 Å². The summed E-state index contributed by atoms with van der Waals surface area (Å²) in [6, 6.07) is 12.5. The van der Waals surface area contributed by atoms with E-state index in [0.29, 0.717) is 22.9 Å². The molecule has 1 aromatic heterocycles. The average Bonchev–Trinajstić information content (AvgIpc) is 2.84. The molecule has 0 aliphatic carbocycles. The van der Waals surface area contributed by atoms with Gasteiger partial charge in [-0.1, -0.05) is 37.3 Å². The molecule has 2 aromatic rings. The molecule has 0 saturated carbocycles. The number of nitrogens with zero attached hydrogens (tertiary/aromatic N) is 3. The zero-order chi connectivity index (χ0) is 22.4. The fraction of sp³-hybridized carbons (Fsp3) is 0.542. The molecule has 0 spiro atoms. The Morgan fingerprint density at radius 2 is 2.03 bits per heavy atom. The van der Waals surface area contributed by atoms with Crippen molar-refractivity contribution >= 4 is 29.1 Å². The fourth-order valence-electron chi connectivity index (χ4n) is 4.65. The van der Waals surface area contributed by atoms with Crippen LogP contribution in [0.1, 0.15) is 38.2 Å². The summed E-state index contributed by atoms with van der Waals surface area (Å²) in [4.78, 5) is 11.5. The number of nitrogens with one attached hydrogen (secondary N) is 2. The molecule has 0 radical (unpaired) electrons. The molecule has 2 fully saturated rings. The molecular formula is C24H33N5O2S. The Bertz CT molecular complexity index is 905. The van der Waals surface area contributed by atoms with Crippen molar-refractivity contribution in [3.05, 3.63) is 42.0 Å². The van der Waals surface area contributed by atoms with Crippen LogP contribution in [0.3, 0.4) is 0 Å². The van der Waals surface area contributed by atoms with E-state index in [1.165, 1.54) is 18.4 Å². The lowest BCUT2D eigenvalue weighted by Crippen LogP contribution is -2.45. The van der Waals surface area contributed by atoms with Crippen molar-refractivity contribution in [1.29, 1.82) is 0 Å². The van der Waals surface area contributed by atoms with E-state index in [-0.39, 0.29) is 5.41 Å². The molecular weight excluding hydrogens is 422 g/mol. The second-order valence-corrected chi connectivity index (χ2v) is 9.26. The van der Waals surface area contributed by atoms with Gasteiger partial charge < -0.3 is 25.0 Å². The maximum atomic E-state index is 5.64. The summed E-state index contributed by atoms with van der Waals surface area (Å²) in [5.74, 6) is 2.51. The van der Waals surface area contributed by atoms with Crippen LogP contribution in [-0.4, -0.2) is 55.0 Å². The van der Waals surface area contributed by atoms with Crippen LogP contribution in [0, 0.1) is 5.92 Å². The van der Waals surface area contributed by atoms with Gasteiger partial charge in [0.25, 0.3) is 0 Å². The van der Waals surface area contributed by atoms with Gasteiger partial charge in [-0.2, -0.15) is 9.97 Å².